The van der Waals surface area contributed by atoms with Crippen LogP contribution in [0.3, 0.4) is 0 Å². The van der Waals surface area contributed by atoms with Gasteiger partial charge >= 0.3 is 5.71 Å². The van der Waals surface area contributed by atoms with Crippen molar-refractivity contribution in [2.24, 2.45) is 0 Å². The van der Waals surface area contributed by atoms with Crippen LogP contribution >= 0.6 is 0 Å². The molecule has 0 aliphatic heterocycles. The van der Waals surface area contributed by atoms with E-state index in [4.69, 9.17) is 5.53 Å². The van der Waals surface area contributed by atoms with E-state index >= 15 is 0 Å². The Bertz CT molecular complexity index is 231. The topological polar surface area (TPSA) is 70.5 Å². The fourth-order valence-electron chi connectivity index (χ4n) is 1.07. The highest BCUT2D eigenvalue weighted by atomic mass is 16.1. The summed E-state index contributed by atoms with van der Waals surface area (Å²) >= 11 is 0. The Morgan fingerprint density at radius 1 is 1.09 bits per heavy atom. The van der Waals surface area contributed by atoms with Crippen molar-refractivity contribution in [1.82, 2.24) is 0 Å². The van der Waals surface area contributed by atoms with Crippen LogP contribution in [0.15, 0.2) is 0 Å². The van der Waals surface area contributed by atoms with Gasteiger partial charge in [0.15, 0.2) is 0 Å². The van der Waals surface area contributed by atoms with Crippen molar-refractivity contribution in [2.45, 2.75) is 25.7 Å². The summed E-state index contributed by atoms with van der Waals surface area (Å²) in [5, 5.41) is 0. The largest absolute Gasteiger partial charge is 0.400 e. The lowest BCUT2D eigenvalue weighted by atomic mass is 10.1. The van der Waals surface area contributed by atoms with E-state index in [1.165, 1.54) is 0 Å². The van der Waals surface area contributed by atoms with E-state index in [1.807, 2.05) is 0 Å². The summed E-state index contributed by atoms with van der Waals surface area (Å²) in [6.45, 7) is 0. The summed E-state index contributed by atoms with van der Waals surface area (Å²) in [7, 11) is 0. The van der Waals surface area contributed by atoms with E-state index in [9.17, 15) is 9.59 Å². The number of hydrogen-bond acceptors (Lipinski definition) is 2. The molecule has 4 heteroatoms. The first-order valence-electron chi connectivity index (χ1n) is 3.54. The van der Waals surface area contributed by atoms with Crippen molar-refractivity contribution in [3.05, 3.63) is 5.53 Å². The second-order valence-electron chi connectivity index (χ2n) is 2.50. The molecule has 58 valence electrons. The molecule has 1 aliphatic rings. The third kappa shape index (κ3) is 1.59. The lowest BCUT2D eigenvalue weighted by molar-refractivity contribution is -0.123. The van der Waals surface area contributed by atoms with Crippen molar-refractivity contribution in [1.29, 1.82) is 0 Å². The fourth-order valence-corrected chi connectivity index (χ4v) is 1.07. The monoisotopic (exact) mass is 152 g/mol. The maximum atomic E-state index is 10.9. The Kier molecular flexibility index (Phi) is 2.28. The van der Waals surface area contributed by atoms with Crippen LogP contribution in [0.2, 0.25) is 0 Å². The second-order valence-corrected chi connectivity index (χ2v) is 2.50. The quantitative estimate of drug-likeness (QED) is 0.286. The van der Waals surface area contributed by atoms with Gasteiger partial charge < -0.3 is 5.53 Å². The van der Waals surface area contributed by atoms with Gasteiger partial charge in [-0.25, -0.2) is 0 Å². The summed E-state index contributed by atoms with van der Waals surface area (Å²) in [6, 6.07) is 0. The van der Waals surface area contributed by atoms with Crippen LogP contribution in [0.4, 0.5) is 0 Å². The van der Waals surface area contributed by atoms with Gasteiger partial charge in [-0.1, -0.05) is 0 Å². The molecule has 0 amide bonds. The van der Waals surface area contributed by atoms with Crippen molar-refractivity contribution < 1.29 is 14.4 Å². The van der Waals surface area contributed by atoms with E-state index < -0.39 is 0 Å². The van der Waals surface area contributed by atoms with Gasteiger partial charge in [-0.05, 0) is 12.8 Å². The number of carbonyl (C=O) groups is 2. The zero-order valence-electron chi connectivity index (χ0n) is 6.04. The Balaban J connectivity index is 2.93. The molecular formula is C7H8N2O2. The van der Waals surface area contributed by atoms with E-state index in [0.717, 1.165) is 0 Å². The number of ketones is 2. The molecule has 0 aromatic carbocycles. The molecule has 1 rings (SSSR count). The van der Waals surface area contributed by atoms with Gasteiger partial charge in [-0.2, -0.15) is 4.79 Å². The van der Waals surface area contributed by atoms with E-state index in [0.29, 0.717) is 25.7 Å². The molecule has 0 radical (unpaired) electrons. The van der Waals surface area contributed by atoms with Crippen molar-refractivity contribution in [3.8, 4) is 0 Å². The highest BCUT2D eigenvalue weighted by molar-refractivity contribution is 6.64. The van der Waals surface area contributed by atoms with Crippen LogP contribution in [0, 0.1) is 0 Å². The number of nitrogens with zero attached hydrogens (tertiary/aromatic N) is 2. The molecule has 0 atom stereocenters. The molecule has 4 nitrogen and oxygen atoms in total. The summed E-state index contributed by atoms with van der Waals surface area (Å²) in [5.74, 6) is -0.676. The molecule has 1 aliphatic carbocycles. The van der Waals surface area contributed by atoms with Crippen LogP contribution in [-0.4, -0.2) is 22.1 Å². The van der Waals surface area contributed by atoms with E-state index in [2.05, 4.69) is 4.79 Å². The zero-order chi connectivity index (χ0) is 8.27. The highest BCUT2D eigenvalue weighted by Gasteiger charge is 2.30. The van der Waals surface area contributed by atoms with Gasteiger partial charge in [0.25, 0.3) is 0 Å². The van der Waals surface area contributed by atoms with Crippen LogP contribution in [0.5, 0.6) is 0 Å². The number of Topliss-reactive ketones (excluding diaryl/α,β-unsaturated/α-hetero) is 2. The fraction of sp³-hybridized carbons (Fsp3) is 0.571. The van der Waals surface area contributed by atoms with Gasteiger partial charge in [0, 0.05) is 12.8 Å². The molecule has 0 unspecified atom stereocenters. The molecule has 11 heavy (non-hydrogen) atoms. The highest BCUT2D eigenvalue weighted by Crippen LogP contribution is 2.08. The molecule has 0 aromatic heterocycles. The molecule has 1 saturated carbocycles. The maximum absolute atomic E-state index is 10.9. The Hall–Kier alpha value is -1.28. The third-order valence-electron chi connectivity index (χ3n) is 1.69. The van der Waals surface area contributed by atoms with Gasteiger partial charge in [0.1, 0.15) is 0 Å². The first-order chi connectivity index (χ1) is 5.25. The lowest BCUT2D eigenvalue weighted by Gasteiger charge is -1.83. The average molecular weight is 152 g/mol. The molecule has 0 aromatic rings. The zero-order valence-corrected chi connectivity index (χ0v) is 6.04. The number of rotatable bonds is 0. The molecule has 1 fully saturated rings. The smallest absolute Gasteiger partial charge is 0.360 e. The lowest BCUT2D eigenvalue weighted by Crippen LogP contribution is -2.22. The Morgan fingerprint density at radius 2 is 1.55 bits per heavy atom. The van der Waals surface area contributed by atoms with Gasteiger partial charge in [-0.3, -0.25) is 9.59 Å². The summed E-state index contributed by atoms with van der Waals surface area (Å²) in [6.07, 6.45) is 2.07. The van der Waals surface area contributed by atoms with E-state index in [1.54, 1.807) is 0 Å². The summed E-state index contributed by atoms with van der Waals surface area (Å²) in [4.78, 5) is 24.6. The second kappa shape index (κ2) is 3.21. The minimum atomic E-state index is -0.338. The molecule has 0 bridgehead atoms. The predicted octanol–water partition coefficient (Wildman–Crippen LogP) is 0.369. The predicted molar refractivity (Wildman–Crippen MR) is 37.1 cm³/mol. The molecular weight excluding hydrogens is 144 g/mol. The minimum absolute atomic E-state index is 0.275. The average Bonchev–Trinajstić information content (AvgIpc) is 2.12. The van der Waals surface area contributed by atoms with Gasteiger partial charge in [-0.15, -0.1) is 0 Å². The van der Waals surface area contributed by atoms with Crippen LogP contribution in [0.1, 0.15) is 25.7 Å². The first kappa shape index (κ1) is 7.82. The summed E-state index contributed by atoms with van der Waals surface area (Å²) in [5.41, 5.74) is 8.03. The minimum Gasteiger partial charge on any atom is -0.360 e. The SMILES string of the molecule is [N-]=[N+]=C1C(=O)CCCCC1=O. The van der Waals surface area contributed by atoms with E-state index in [-0.39, 0.29) is 17.3 Å². The van der Waals surface area contributed by atoms with Crippen molar-refractivity contribution in [2.75, 3.05) is 0 Å². The number of hydrogen-bond donors (Lipinski definition) is 0. The van der Waals surface area contributed by atoms with Crippen LogP contribution in [0.25, 0.3) is 5.53 Å². The van der Waals surface area contributed by atoms with Crippen LogP contribution in [-0.2, 0) is 9.59 Å². The Morgan fingerprint density at radius 3 is 1.91 bits per heavy atom. The van der Waals surface area contributed by atoms with Gasteiger partial charge in [0.05, 0.1) is 0 Å². The summed E-state index contributed by atoms with van der Waals surface area (Å²) < 4.78 is 0. The first-order valence-corrected chi connectivity index (χ1v) is 3.54. The molecule has 0 spiro atoms. The Labute approximate surface area is 63.8 Å². The molecule has 0 saturated heterocycles. The molecule has 0 heterocycles. The molecule has 0 N–H and O–H groups in total. The van der Waals surface area contributed by atoms with Crippen molar-refractivity contribution >= 4 is 17.3 Å². The van der Waals surface area contributed by atoms with Crippen molar-refractivity contribution in [3.63, 3.8) is 0 Å². The third-order valence-corrected chi connectivity index (χ3v) is 1.69. The normalized spacial score (nSPS) is 19.5. The van der Waals surface area contributed by atoms with Gasteiger partial charge in [0.2, 0.25) is 11.6 Å². The maximum Gasteiger partial charge on any atom is 0.400 e. The standard InChI is InChI=1S/C7H8N2O2/c8-9-7-5(10)3-1-2-4-6(7)11/h1-4H2. The van der Waals surface area contributed by atoms with Crippen LogP contribution < -0.4 is 0 Å². The number of carbonyl (C=O) groups excluding carboxylic acids is 2.